The van der Waals surface area contributed by atoms with Crippen molar-refractivity contribution in [3.8, 4) is 89.5 Å². The molecule has 18 aromatic rings. The fourth-order valence-electron chi connectivity index (χ4n) is 16.0. The van der Waals surface area contributed by atoms with Crippen LogP contribution < -0.4 is 0 Å². The normalized spacial score (nSPS) is 12.5. The molecule has 4 radical (unpaired) electrons. The number of sulfone groups is 1. The second-order valence-corrected chi connectivity index (χ2v) is 34.8. The van der Waals surface area contributed by atoms with Crippen LogP contribution in [0.15, 0.2) is 287 Å². The Morgan fingerprint density at radius 3 is 1.17 bits per heavy atom. The van der Waals surface area contributed by atoms with Crippen molar-refractivity contribution in [1.29, 1.82) is 0 Å². The molecule has 0 bridgehead atoms. The van der Waals surface area contributed by atoms with Crippen LogP contribution in [0.3, 0.4) is 0 Å². The zero-order chi connectivity index (χ0) is 76.8. The molecule has 0 aliphatic carbocycles. The molecule has 1 atom stereocenters. The number of thiophene rings is 1. The van der Waals surface area contributed by atoms with Gasteiger partial charge in [-0.15, -0.1) is 29.5 Å². The minimum atomic E-state index is -3.46. The van der Waals surface area contributed by atoms with Gasteiger partial charge in [0.15, 0.2) is 0 Å². The zero-order valence-corrected chi connectivity index (χ0v) is 74.7. The summed E-state index contributed by atoms with van der Waals surface area (Å²) in [5, 5.41) is 24.6. The van der Waals surface area contributed by atoms with Gasteiger partial charge < -0.3 is 0 Å². The van der Waals surface area contributed by atoms with E-state index < -0.39 is 20.6 Å². The maximum absolute atomic E-state index is 12.9. The topological polar surface area (TPSA) is 122 Å². The average Bonchev–Trinajstić information content (AvgIpc) is 1.58. The summed E-state index contributed by atoms with van der Waals surface area (Å²) in [6.45, 7) is 33.1. The Balaban J connectivity index is 0.000000132. The molecule has 8 heterocycles. The molecule has 0 saturated carbocycles. The van der Waals surface area contributed by atoms with Crippen LogP contribution in [-0.2, 0) is 98.5 Å². The molecule has 11 nitrogen and oxygen atoms in total. The number of hydrogen-bond acceptors (Lipinski definition) is 8. The molecule has 1 unspecified atom stereocenters. The van der Waals surface area contributed by atoms with Gasteiger partial charge >= 0.3 is 165 Å². The SMILES string of the molecule is [CH2-]c1ccccc1-n1nc(C)c(-c2ccc3[se]c4ccccc4c3c2)c1C.[CH2-]c1ccccc1-n1nc(C)c(-c2ccc3c(c2)-c2ccccc2S3(=O)=O)c1C.[CH2-]c1ccccc1-n1nc(C)c(-c2ccc3c(c2)-c2ccccc2S3=O)c1C.[CH2-]c1ccccc1-n1nc(C)c(-c2ccc3sc4ccccc4c3c2)c1C.[Rh].[Rh].[Rh].[Rh]. The van der Waals surface area contributed by atoms with Crippen LogP contribution in [0.2, 0.25) is 0 Å². The summed E-state index contributed by atoms with van der Waals surface area (Å²) in [7, 11) is -4.56. The average molecular weight is 1980 g/mol. The Morgan fingerprint density at radius 2 is 0.670 bits per heavy atom. The van der Waals surface area contributed by atoms with Gasteiger partial charge in [0.2, 0.25) is 9.84 Å². The largest absolute Gasteiger partial charge is 0.290 e. The summed E-state index contributed by atoms with van der Waals surface area (Å²) >= 11 is 2.26. The first-order chi connectivity index (χ1) is 53.7. The standard InChI is InChI=1S/C24H19N2O2S.C24H19N2OS.C24H19N2S.C24H19N2Se.4Rh/c1-15-8-4-6-10-21(15)26-17(3)24(16(2)25-26)18-12-13-23-20(14-18)19-9-5-7-11-22(19)29(23,27)28;1-15-8-4-6-10-21(15)26-17(3)24(16(2)25-26)18-12-13-23-20(14-18)19-9-5-7-11-22(19)28(23)27;2*1-15-8-4-6-10-21(15)26-17(3)24(16(2)25-26)18-12-13-23-20(14-18)19-9-5-7-11-22(19)27-23;;;;/h4-14H,1H2,2-3H3;4-14H,1H2,2-3H3;2*4-14H,1H2,2-3H3;;;;/q4*-1;;;;. The molecule has 0 spiro atoms. The second kappa shape index (κ2) is 33.9. The van der Waals surface area contributed by atoms with E-state index in [4.69, 9.17) is 20.4 Å². The Bertz CT molecular complexity index is 6760. The third-order valence-corrected chi connectivity index (χ3v) is 28.2. The first-order valence-corrected chi connectivity index (χ1v) is 41.8. The number of hydrogen-bond donors (Lipinski definition) is 0. The summed E-state index contributed by atoms with van der Waals surface area (Å²) in [5.41, 5.74) is 28.8. The number of para-hydroxylation sites is 4. The Hall–Kier alpha value is -9.71. The quantitative estimate of drug-likeness (QED) is 0.110. The van der Waals surface area contributed by atoms with Crippen molar-refractivity contribution in [3.05, 3.63) is 362 Å². The van der Waals surface area contributed by atoms with Crippen molar-refractivity contribution in [2.24, 2.45) is 0 Å². The van der Waals surface area contributed by atoms with Crippen molar-refractivity contribution in [2.45, 2.75) is 75.0 Å². The van der Waals surface area contributed by atoms with Gasteiger partial charge in [-0.1, -0.05) is 109 Å². The summed E-state index contributed by atoms with van der Waals surface area (Å²) in [4.78, 5) is 2.52. The van der Waals surface area contributed by atoms with E-state index in [-0.39, 0.29) is 77.9 Å². The van der Waals surface area contributed by atoms with Crippen molar-refractivity contribution in [2.75, 3.05) is 0 Å². The number of fused-ring (bicyclic) bond motifs is 12. The van der Waals surface area contributed by atoms with Crippen LogP contribution in [0.1, 0.15) is 67.8 Å². The zero-order valence-electron chi connectivity index (χ0n) is 64.0. The maximum atomic E-state index is 12.9. The predicted molar refractivity (Wildman–Crippen MR) is 458 cm³/mol. The number of aryl methyl sites for hydroxylation is 4. The van der Waals surface area contributed by atoms with Gasteiger partial charge in [0.05, 0.1) is 47.5 Å². The van der Waals surface area contributed by atoms with Gasteiger partial charge in [0.25, 0.3) is 0 Å². The van der Waals surface area contributed by atoms with E-state index in [9.17, 15) is 12.6 Å². The van der Waals surface area contributed by atoms with Crippen molar-refractivity contribution in [1.82, 2.24) is 39.1 Å². The van der Waals surface area contributed by atoms with Gasteiger partial charge in [-0.05, 0) is 135 Å². The number of rotatable bonds is 8. The minimum absolute atomic E-state index is 0. The molecule has 0 amide bonds. The van der Waals surface area contributed by atoms with Crippen molar-refractivity contribution in [3.63, 3.8) is 0 Å². The van der Waals surface area contributed by atoms with Crippen LogP contribution in [0.25, 0.3) is 129 Å². The van der Waals surface area contributed by atoms with E-state index in [1.54, 1.807) is 18.2 Å². The van der Waals surface area contributed by atoms with E-state index in [2.05, 4.69) is 172 Å². The molecule has 0 saturated heterocycles. The van der Waals surface area contributed by atoms with Crippen LogP contribution >= 0.6 is 11.3 Å². The number of nitrogens with zero attached hydrogens (tertiary/aromatic N) is 8. The fourth-order valence-corrected chi connectivity index (χ4v) is 22.4. The Kier molecular flexibility index (Phi) is 24.5. The molecule has 12 aromatic carbocycles. The molecule has 0 fully saturated rings. The van der Waals surface area contributed by atoms with Gasteiger partial charge in [-0.25, -0.2) is 12.6 Å². The predicted octanol–water partition coefficient (Wildman–Crippen LogP) is 23.0. The third kappa shape index (κ3) is 14.9. The van der Waals surface area contributed by atoms with Crippen LogP contribution in [0, 0.1) is 83.1 Å². The van der Waals surface area contributed by atoms with Crippen molar-refractivity contribution < 1.29 is 90.5 Å². The molecule has 582 valence electrons. The minimum Gasteiger partial charge on any atom is -0.290 e. The van der Waals surface area contributed by atoms with E-state index in [0.717, 1.165) is 145 Å². The first kappa shape index (κ1) is 83.2. The van der Waals surface area contributed by atoms with E-state index >= 15 is 0 Å². The maximum Gasteiger partial charge on any atom is 0.207 e. The Morgan fingerprint density at radius 1 is 0.322 bits per heavy atom. The van der Waals surface area contributed by atoms with Crippen molar-refractivity contribution >= 4 is 85.9 Å². The van der Waals surface area contributed by atoms with Gasteiger partial charge in [0, 0.05) is 149 Å². The van der Waals surface area contributed by atoms with Crippen LogP contribution in [0.4, 0.5) is 0 Å². The molecule has 6 aromatic heterocycles. The van der Waals surface area contributed by atoms with E-state index in [0.29, 0.717) is 24.3 Å². The van der Waals surface area contributed by atoms with Crippen LogP contribution in [-0.4, -0.2) is 66.3 Å². The third-order valence-electron chi connectivity index (χ3n) is 21.2. The van der Waals surface area contributed by atoms with E-state index in [1.807, 2.05) is 190 Å². The first-order valence-electron chi connectivity index (χ1n) is 36.6. The molecular weight excluding hydrogens is 1900 g/mol. The molecule has 20 rings (SSSR count). The molecule has 2 aliphatic heterocycles. The summed E-state index contributed by atoms with van der Waals surface area (Å²) in [6.07, 6.45) is 0. The number of benzene rings is 12. The van der Waals surface area contributed by atoms with Gasteiger partial charge in [-0.3, -0.25) is 14.0 Å². The Labute approximate surface area is 735 Å². The molecule has 2 aliphatic rings. The summed E-state index contributed by atoms with van der Waals surface area (Å²) in [5.74, 6) is 0. The van der Waals surface area contributed by atoms with Crippen LogP contribution in [0.5, 0.6) is 0 Å². The number of aromatic nitrogens is 8. The van der Waals surface area contributed by atoms with E-state index in [1.165, 1.54) is 61.7 Å². The second-order valence-electron chi connectivity index (χ2n) is 28.2. The van der Waals surface area contributed by atoms with Gasteiger partial charge in [0.1, 0.15) is 0 Å². The molecular formula is C96H76N8O3Rh4S3Se-4. The molecule has 0 N–H and O–H groups in total. The summed E-state index contributed by atoms with van der Waals surface area (Å²) in [6, 6.07) is 90.1. The fraction of sp³-hybridized carbons (Fsp3) is 0.0833. The monoisotopic (exact) mass is 1980 g/mol. The summed E-state index contributed by atoms with van der Waals surface area (Å²) < 4.78 is 52.0. The molecule has 19 heteroatoms. The molecule has 115 heavy (non-hydrogen) atoms. The van der Waals surface area contributed by atoms with Gasteiger partial charge in [-0.2, -0.15) is 71.0 Å². The smallest absolute Gasteiger partial charge is 0.207 e.